The third kappa shape index (κ3) is 3.82. The first-order valence-electron chi connectivity index (χ1n) is 8.48. The largest absolute Gasteiger partial charge is 0.337 e. The molecular weight excluding hydrogens is 375 g/mol. The van der Waals surface area contributed by atoms with E-state index in [0.29, 0.717) is 18.7 Å². The Kier molecular flexibility index (Phi) is 5.74. The molecule has 8 heteroatoms. The van der Waals surface area contributed by atoms with Crippen molar-refractivity contribution in [3.05, 3.63) is 52.0 Å². The maximum absolute atomic E-state index is 13.8. The molecule has 2 heterocycles. The highest BCUT2D eigenvalue weighted by atomic mass is 32.2. The number of thiophene rings is 1. The Morgan fingerprint density at radius 3 is 2.58 bits per heavy atom. The molecule has 1 aromatic heterocycles. The monoisotopic (exact) mass is 396 g/mol. The van der Waals surface area contributed by atoms with Gasteiger partial charge in [-0.3, -0.25) is 4.79 Å². The highest BCUT2D eigenvalue weighted by Gasteiger charge is 2.31. The molecule has 0 radical (unpaired) electrons. The van der Waals surface area contributed by atoms with Gasteiger partial charge in [-0.25, -0.2) is 12.8 Å². The lowest BCUT2D eigenvalue weighted by molar-refractivity contribution is 0.0785. The van der Waals surface area contributed by atoms with E-state index in [9.17, 15) is 17.6 Å². The highest BCUT2D eigenvalue weighted by Crippen LogP contribution is 2.28. The molecule has 1 aliphatic rings. The fourth-order valence-electron chi connectivity index (χ4n) is 3.03. The molecule has 0 bridgehead atoms. The Hall–Kier alpha value is -1.77. The Balaban J connectivity index is 1.83. The lowest BCUT2D eigenvalue weighted by Gasteiger charge is -2.26. The maximum Gasteiger partial charge on any atom is 0.265 e. The zero-order valence-corrected chi connectivity index (χ0v) is 16.2. The number of rotatable bonds is 5. The normalized spacial score (nSPS) is 15.8. The summed E-state index contributed by atoms with van der Waals surface area (Å²) >= 11 is 1.10. The van der Waals surface area contributed by atoms with Crippen molar-refractivity contribution in [2.75, 3.05) is 20.1 Å². The van der Waals surface area contributed by atoms with Crippen LogP contribution in [0.3, 0.4) is 0 Å². The molecule has 140 valence electrons. The number of halogens is 1. The Morgan fingerprint density at radius 2 is 1.88 bits per heavy atom. The number of sulfonamides is 1. The summed E-state index contributed by atoms with van der Waals surface area (Å²) in [7, 11) is -2.14. The van der Waals surface area contributed by atoms with Crippen molar-refractivity contribution in [3.63, 3.8) is 0 Å². The van der Waals surface area contributed by atoms with Gasteiger partial charge in [0.1, 0.15) is 15.6 Å². The van der Waals surface area contributed by atoms with Crippen molar-refractivity contribution in [2.45, 2.75) is 30.7 Å². The van der Waals surface area contributed by atoms with Gasteiger partial charge in [0.25, 0.3) is 5.91 Å². The van der Waals surface area contributed by atoms with Crippen LogP contribution in [0.4, 0.5) is 4.39 Å². The summed E-state index contributed by atoms with van der Waals surface area (Å²) in [6.07, 6.45) is 2.69. The van der Waals surface area contributed by atoms with E-state index in [1.165, 1.54) is 21.3 Å². The van der Waals surface area contributed by atoms with Crippen LogP contribution < -0.4 is 0 Å². The summed E-state index contributed by atoms with van der Waals surface area (Å²) in [4.78, 5) is 14.4. The van der Waals surface area contributed by atoms with E-state index < -0.39 is 15.9 Å². The number of hydrogen-bond acceptors (Lipinski definition) is 4. The highest BCUT2D eigenvalue weighted by molar-refractivity contribution is 7.89. The molecule has 0 N–H and O–H groups in total. The molecule has 1 fully saturated rings. The summed E-state index contributed by atoms with van der Waals surface area (Å²) in [5.74, 6) is -0.807. The lowest BCUT2D eigenvalue weighted by Crippen LogP contribution is -2.36. The molecule has 0 spiro atoms. The van der Waals surface area contributed by atoms with E-state index in [2.05, 4.69) is 0 Å². The molecule has 0 saturated carbocycles. The topological polar surface area (TPSA) is 57.7 Å². The van der Waals surface area contributed by atoms with Gasteiger partial charge in [0, 0.05) is 32.2 Å². The number of carbonyl (C=O) groups excluding carboxylic acids is 1. The van der Waals surface area contributed by atoms with Crippen LogP contribution >= 0.6 is 11.3 Å². The van der Waals surface area contributed by atoms with Gasteiger partial charge in [-0.05, 0) is 30.4 Å². The SMILES string of the molecule is CN(Cc1ccccc1F)C(=O)c1sccc1S(=O)(=O)N1CCCCC1. The number of amides is 1. The van der Waals surface area contributed by atoms with E-state index in [4.69, 9.17) is 0 Å². The van der Waals surface area contributed by atoms with Gasteiger partial charge >= 0.3 is 0 Å². The predicted octanol–water partition coefficient (Wildman–Crippen LogP) is 3.33. The average Bonchev–Trinajstić information content (AvgIpc) is 3.14. The van der Waals surface area contributed by atoms with Gasteiger partial charge in [-0.1, -0.05) is 24.6 Å². The summed E-state index contributed by atoms with van der Waals surface area (Å²) in [6, 6.07) is 7.72. The lowest BCUT2D eigenvalue weighted by atomic mass is 10.2. The van der Waals surface area contributed by atoms with Crippen molar-refractivity contribution >= 4 is 27.3 Å². The minimum Gasteiger partial charge on any atom is -0.337 e. The van der Waals surface area contributed by atoms with Gasteiger partial charge in [0.15, 0.2) is 0 Å². The van der Waals surface area contributed by atoms with Crippen LogP contribution in [-0.2, 0) is 16.6 Å². The molecule has 1 aliphatic heterocycles. The number of carbonyl (C=O) groups is 1. The minimum atomic E-state index is -3.69. The van der Waals surface area contributed by atoms with E-state index in [0.717, 1.165) is 30.6 Å². The second-order valence-corrected chi connectivity index (χ2v) is 9.15. The van der Waals surface area contributed by atoms with Crippen molar-refractivity contribution in [2.24, 2.45) is 0 Å². The molecule has 1 saturated heterocycles. The molecule has 0 atom stereocenters. The Morgan fingerprint density at radius 1 is 1.19 bits per heavy atom. The van der Waals surface area contributed by atoms with Gasteiger partial charge in [0.05, 0.1) is 0 Å². The number of hydrogen-bond donors (Lipinski definition) is 0. The molecule has 26 heavy (non-hydrogen) atoms. The van der Waals surface area contributed by atoms with E-state index in [1.807, 2.05) is 0 Å². The standard InChI is InChI=1S/C18H21FN2O3S2/c1-20(13-14-7-3-4-8-15(14)19)18(22)17-16(9-12-25-17)26(23,24)21-10-5-2-6-11-21/h3-4,7-9,12H,2,5-6,10-11,13H2,1H3. The molecular formula is C18H21FN2O3S2. The van der Waals surface area contributed by atoms with Gasteiger partial charge in [-0.2, -0.15) is 4.31 Å². The zero-order chi connectivity index (χ0) is 18.7. The first-order valence-corrected chi connectivity index (χ1v) is 10.8. The summed E-state index contributed by atoms with van der Waals surface area (Å²) in [5, 5.41) is 1.61. The van der Waals surface area contributed by atoms with Crippen LogP contribution in [0, 0.1) is 5.82 Å². The third-order valence-corrected chi connectivity index (χ3v) is 7.44. The van der Waals surface area contributed by atoms with Gasteiger partial charge in [-0.15, -0.1) is 11.3 Å². The van der Waals surface area contributed by atoms with Crippen molar-refractivity contribution in [1.82, 2.24) is 9.21 Å². The van der Waals surface area contributed by atoms with Crippen LogP contribution in [0.5, 0.6) is 0 Å². The van der Waals surface area contributed by atoms with Crippen LogP contribution in [-0.4, -0.2) is 43.7 Å². The quantitative estimate of drug-likeness (QED) is 0.779. The second-order valence-electron chi connectivity index (χ2n) is 6.33. The third-order valence-electron chi connectivity index (χ3n) is 4.47. The molecule has 1 amide bonds. The fraction of sp³-hybridized carbons (Fsp3) is 0.389. The van der Waals surface area contributed by atoms with Gasteiger partial charge < -0.3 is 4.90 Å². The smallest absolute Gasteiger partial charge is 0.265 e. The average molecular weight is 397 g/mol. The van der Waals surface area contributed by atoms with E-state index in [-0.39, 0.29) is 22.1 Å². The molecule has 5 nitrogen and oxygen atoms in total. The number of nitrogens with zero attached hydrogens (tertiary/aromatic N) is 2. The molecule has 3 rings (SSSR count). The second kappa shape index (κ2) is 7.85. The van der Waals surface area contributed by atoms with Crippen LogP contribution in [0.1, 0.15) is 34.5 Å². The van der Waals surface area contributed by atoms with Crippen LogP contribution in [0.25, 0.3) is 0 Å². The molecule has 2 aromatic rings. The zero-order valence-electron chi connectivity index (χ0n) is 14.5. The maximum atomic E-state index is 13.8. The summed E-state index contributed by atoms with van der Waals surface area (Å²) in [5.41, 5.74) is 0.389. The number of piperidine rings is 1. The van der Waals surface area contributed by atoms with E-state index in [1.54, 1.807) is 30.6 Å². The van der Waals surface area contributed by atoms with Crippen LogP contribution in [0.2, 0.25) is 0 Å². The Bertz CT molecular complexity index is 889. The van der Waals surface area contributed by atoms with Gasteiger partial charge in [0.2, 0.25) is 10.0 Å². The van der Waals surface area contributed by atoms with Crippen LogP contribution in [0.15, 0.2) is 40.6 Å². The molecule has 1 aromatic carbocycles. The van der Waals surface area contributed by atoms with Crippen molar-refractivity contribution in [3.8, 4) is 0 Å². The predicted molar refractivity (Wildman–Crippen MR) is 99.1 cm³/mol. The minimum absolute atomic E-state index is 0.0507. The molecule has 0 unspecified atom stereocenters. The summed E-state index contributed by atoms with van der Waals surface area (Å²) in [6.45, 7) is 1.04. The first-order chi connectivity index (χ1) is 12.4. The van der Waals surface area contributed by atoms with Crippen molar-refractivity contribution in [1.29, 1.82) is 0 Å². The fourth-order valence-corrected chi connectivity index (χ4v) is 5.93. The van der Waals surface area contributed by atoms with Crippen molar-refractivity contribution < 1.29 is 17.6 Å². The number of benzene rings is 1. The van der Waals surface area contributed by atoms with E-state index >= 15 is 0 Å². The molecule has 0 aliphatic carbocycles. The summed E-state index contributed by atoms with van der Waals surface area (Å²) < 4.78 is 41.1. The first kappa shape index (κ1) is 19.0. The Labute approximate surface area is 157 Å².